The number of carbonyl (C=O) groups is 2. The van der Waals surface area contributed by atoms with Crippen molar-refractivity contribution < 1.29 is 14.3 Å². The Morgan fingerprint density at radius 3 is 2.59 bits per heavy atom. The van der Waals surface area contributed by atoms with E-state index in [0.29, 0.717) is 35.7 Å². The molecule has 3 aromatic rings. The fourth-order valence-electron chi connectivity index (χ4n) is 2.49. The molecule has 2 N–H and O–H groups in total. The molecule has 0 radical (unpaired) electrons. The molecule has 0 unspecified atom stereocenters. The van der Waals surface area contributed by atoms with Crippen LogP contribution in [0, 0.1) is 0 Å². The lowest BCUT2D eigenvalue weighted by atomic mass is 10.1. The lowest BCUT2D eigenvalue weighted by molar-refractivity contribution is -0.116. The SMILES string of the molecule is COc1ccc(NC(=O)c2cccc(NC(=O)CCn3ccnc3)c2)cc1. The maximum Gasteiger partial charge on any atom is 0.255 e. The summed E-state index contributed by atoms with van der Waals surface area (Å²) in [6, 6.07) is 13.9. The molecule has 0 atom stereocenters. The summed E-state index contributed by atoms with van der Waals surface area (Å²) in [5.74, 6) is 0.333. The predicted octanol–water partition coefficient (Wildman–Crippen LogP) is 3.17. The molecule has 0 spiro atoms. The molecule has 0 aliphatic carbocycles. The monoisotopic (exact) mass is 364 g/mol. The molecule has 0 aliphatic rings. The number of methoxy groups -OCH3 is 1. The van der Waals surface area contributed by atoms with Crippen LogP contribution in [0.15, 0.2) is 67.3 Å². The van der Waals surface area contributed by atoms with Crippen LogP contribution in [0.3, 0.4) is 0 Å². The van der Waals surface area contributed by atoms with Gasteiger partial charge in [0.15, 0.2) is 0 Å². The van der Waals surface area contributed by atoms with E-state index < -0.39 is 0 Å². The molecule has 0 fully saturated rings. The number of aromatic nitrogens is 2. The van der Waals surface area contributed by atoms with E-state index in [-0.39, 0.29) is 11.8 Å². The van der Waals surface area contributed by atoms with Gasteiger partial charge in [0.05, 0.1) is 13.4 Å². The standard InChI is InChI=1S/C20H20N4O3/c1-27-18-7-5-16(6-8-18)23-20(26)15-3-2-4-17(13-15)22-19(25)9-11-24-12-10-21-14-24/h2-8,10,12-14H,9,11H2,1H3,(H,22,25)(H,23,26). The van der Waals surface area contributed by atoms with Crippen molar-refractivity contribution in [3.63, 3.8) is 0 Å². The molecule has 0 aliphatic heterocycles. The van der Waals surface area contributed by atoms with Crippen molar-refractivity contribution in [2.75, 3.05) is 17.7 Å². The maximum absolute atomic E-state index is 12.4. The molecule has 1 heterocycles. The number of nitrogens with zero attached hydrogens (tertiary/aromatic N) is 2. The summed E-state index contributed by atoms with van der Waals surface area (Å²) in [4.78, 5) is 28.4. The first-order chi connectivity index (χ1) is 13.1. The van der Waals surface area contributed by atoms with E-state index in [1.165, 1.54) is 0 Å². The third-order valence-corrected chi connectivity index (χ3v) is 3.91. The van der Waals surface area contributed by atoms with Crippen LogP contribution in [0.25, 0.3) is 0 Å². The molecule has 0 saturated carbocycles. The molecule has 0 bridgehead atoms. The average Bonchev–Trinajstić information content (AvgIpc) is 3.21. The second-order valence-corrected chi connectivity index (χ2v) is 5.86. The van der Waals surface area contributed by atoms with Gasteiger partial charge in [-0.3, -0.25) is 9.59 Å². The molecular formula is C20H20N4O3. The Bertz CT molecular complexity index is 905. The zero-order valence-corrected chi connectivity index (χ0v) is 14.9. The number of aryl methyl sites for hydroxylation is 1. The van der Waals surface area contributed by atoms with Gasteiger partial charge in [-0.05, 0) is 42.5 Å². The second-order valence-electron chi connectivity index (χ2n) is 5.86. The molecule has 2 amide bonds. The van der Waals surface area contributed by atoms with Gasteiger partial charge in [0, 0.05) is 42.3 Å². The quantitative estimate of drug-likeness (QED) is 0.674. The summed E-state index contributed by atoms with van der Waals surface area (Å²) in [6.07, 6.45) is 5.45. The molecule has 3 rings (SSSR count). The van der Waals surface area contributed by atoms with Gasteiger partial charge in [-0.25, -0.2) is 4.98 Å². The van der Waals surface area contributed by atoms with Crippen LogP contribution in [0.1, 0.15) is 16.8 Å². The van der Waals surface area contributed by atoms with Crippen molar-refractivity contribution in [3.05, 3.63) is 72.8 Å². The number of ether oxygens (including phenoxy) is 1. The summed E-state index contributed by atoms with van der Waals surface area (Å²) in [5, 5.41) is 5.63. The number of rotatable bonds is 7. The van der Waals surface area contributed by atoms with E-state index in [4.69, 9.17) is 4.74 Å². The maximum atomic E-state index is 12.4. The Hall–Kier alpha value is -3.61. The van der Waals surface area contributed by atoms with E-state index in [1.54, 1.807) is 74.4 Å². The Kier molecular flexibility index (Phi) is 5.84. The largest absolute Gasteiger partial charge is 0.497 e. The van der Waals surface area contributed by atoms with Gasteiger partial charge in [-0.15, -0.1) is 0 Å². The lowest BCUT2D eigenvalue weighted by Crippen LogP contribution is -2.15. The molecule has 138 valence electrons. The molecule has 1 aromatic heterocycles. The Morgan fingerprint density at radius 1 is 1.07 bits per heavy atom. The normalized spacial score (nSPS) is 10.3. The Morgan fingerprint density at radius 2 is 1.89 bits per heavy atom. The highest BCUT2D eigenvalue weighted by Crippen LogP contribution is 2.17. The zero-order chi connectivity index (χ0) is 19.1. The van der Waals surface area contributed by atoms with Crippen molar-refractivity contribution in [1.82, 2.24) is 9.55 Å². The first-order valence-electron chi connectivity index (χ1n) is 8.45. The second kappa shape index (κ2) is 8.66. The van der Waals surface area contributed by atoms with Gasteiger partial charge in [0.1, 0.15) is 5.75 Å². The first kappa shape index (κ1) is 18.2. The molecule has 7 heteroatoms. The van der Waals surface area contributed by atoms with Crippen LogP contribution < -0.4 is 15.4 Å². The van der Waals surface area contributed by atoms with E-state index in [1.807, 2.05) is 4.57 Å². The van der Waals surface area contributed by atoms with Crippen LogP contribution in [0.2, 0.25) is 0 Å². The molecule has 7 nitrogen and oxygen atoms in total. The van der Waals surface area contributed by atoms with Crippen LogP contribution in [-0.4, -0.2) is 28.5 Å². The first-order valence-corrected chi connectivity index (χ1v) is 8.45. The smallest absolute Gasteiger partial charge is 0.255 e. The topological polar surface area (TPSA) is 85.3 Å². The highest BCUT2D eigenvalue weighted by molar-refractivity contribution is 6.05. The third kappa shape index (κ3) is 5.18. The number of amides is 2. The third-order valence-electron chi connectivity index (χ3n) is 3.91. The predicted molar refractivity (Wildman–Crippen MR) is 103 cm³/mol. The van der Waals surface area contributed by atoms with Gasteiger partial charge < -0.3 is 19.9 Å². The summed E-state index contributed by atoms with van der Waals surface area (Å²) >= 11 is 0. The van der Waals surface area contributed by atoms with Crippen LogP contribution in [0.5, 0.6) is 5.75 Å². The van der Waals surface area contributed by atoms with Crippen LogP contribution in [0.4, 0.5) is 11.4 Å². The number of hydrogen-bond donors (Lipinski definition) is 2. The van der Waals surface area contributed by atoms with Crippen molar-refractivity contribution in [2.24, 2.45) is 0 Å². The molecular weight excluding hydrogens is 344 g/mol. The fraction of sp³-hybridized carbons (Fsp3) is 0.150. The summed E-state index contributed by atoms with van der Waals surface area (Å²) < 4.78 is 6.93. The fourth-order valence-corrected chi connectivity index (χ4v) is 2.49. The van der Waals surface area contributed by atoms with Crippen LogP contribution >= 0.6 is 0 Å². The van der Waals surface area contributed by atoms with Crippen LogP contribution in [-0.2, 0) is 11.3 Å². The van der Waals surface area contributed by atoms with E-state index in [9.17, 15) is 9.59 Å². The lowest BCUT2D eigenvalue weighted by Gasteiger charge is -2.09. The Labute approximate surface area is 157 Å². The number of carbonyl (C=O) groups excluding carboxylic acids is 2. The van der Waals surface area contributed by atoms with Crippen molar-refractivity contribution in [2.45, 2.75) is 13.0 Å². The van der Waals surface area contributed by atoms with Gasteiger partial charge in [-0.1, -0.05) is 6.07 Å². The molecule has 27 heavy (non-hydrogen) atoms. The highest BCUT2D eigenvalue weighted by atomic mass is 16.5. The number of benzene rings is 2. The van der Waals surface area contributed by atoms with E-state index in [0.717, 1.165) is 0 Å². The number of nitrogens with one attached hydrogen (secondary N) is 2. The van der Waals surface area contributed by atoms with Gasteiger partial charge in [0.25, 0.3) is 5.91 Å². The van der Waals surface area contributed by atoms with E-state index in [2.05, 4.69) is 15.6 Å². The Balaban J connectivity index is 1.58. The molecule has 2 aromatic carbocycles. The summed E-state index contributed by atoms with van der Waals surface area (Å²) in [6.45, 7) is 0.545. The number of imidazole rings is 1. The minimum absolute atomic E-state index is 0.128. The number of hydrogen-bond acceptors (Lipinski definition) is 4. The van der Waals surface area contributed by atoms with Crippen molar-refractivity contribution in [3.8, 4) is 5.75 Å². The molecule has 0 saturated heterocycles. The van der Waals surface area contributed by atoms with E-state index >= 15 is 0 Å². The van der Waals surface area contributed by atoms with Gasteiger partial charge >= 0.3 is 0 Å². The van der Waals surface area contributed by atoms with Crippen molar-refractivity contribution in [1.29, 1.82) is 0 Å². The van der Waals surface area contributed by atoms with Crippen molar-refractivity contribution >= 4 is 23.2 Å². The zero-order valence-electron chi connectivity index (χ0n) is 14.9. The summed E-state index contributed by atoms with van der Waals surface area (Å²) in [5.41, 5.74) is 1.70. The van der Waals surface area contributed by atoms with Gasteiger partial charge in [-0.2, -0.15) is 0 Å². The minimum atomic E-state index is -0.255. The average molecular weight is 364 g/mol. The number of anilines is 2. The minimum Gasteiger partial charge on any atom is -0.497 e. The summed E-state index contributed by atoms with van der Waals surface area (Å²) in [7, 11) is 1.59. The van der Waals surface area contributed by atoms with Gasteiger partial charge in [0.2, 0.25) is 5.91 Å². The highest BCUT2D eigenvalue weighted by Gasteiger charge is 2.09.